The molecule has 2 N–H and O–H groups in total. The van der Waals surface area contributed by atoms with Crippen LogP contribution in [0.1, 0.15) is 72.5 Å². The van der Waals surface area contributed by atoms with E-state index in [-0.39, 0.29) is 24.2 Å². The van der Waals surface area contributed by atoms with Crippen LogP contribution >= 0.6 is 0 Å². The highest BCUT2D eigenvalue weighted by molar-refractivity contribution is 6.01. The first-order valence-corrected chi connectivity index (χ1v) is 10.2. The Labute approximate surface area is 179 Å². The fraction of sp³-hybridized carbons (Fsp3) is 0.440. The van der Waals surface area contributed by atoms with Gasteiger partial charge in [0.25, 0.3) is 0 Å². The van der Waals surface area contributed by atoms with Crippen LogP contribution in [0.2, 0.25) is 0 Å². The molecule has 1 unspecified atom stereocenters. The zero-order valence-corrected chi connectivity index (χ0v) is 18.8. The Bertz CT molecular complexity index is 802. The van der Waals surface area contributed by atoms with E-state index in [0.29, 0.717) is 17.7 Å². The van der Waals surface area contributed by atoms with Gasteiger partial charge in [-0.3, -0.25) is 14.5 Å². The Kier molecular flexibility index (Phi) is 7.35. The number of aliphatic hydroxyl groups is 2. The van der Waals surface area contributed by atoms with Crippen molar-refractivity contribution < 1.29 is 19.8 Å². The summed E-state index contributed by atoms with van der Waals surface area (Å²) in [7, 11) is 1.92. The van der Waals surface area contributed by atoms with E-state index in [1.807, 2.05) is 69.1 Å². The van der Waals surface area contributed by atoms with Crippen LogP contribution in [0.4, 0.5) is 0 Å². The summed E-state index contributed by atoms with van der Waals surface area (Å²) in [5, 5.41) is 19.4. The summed E-state index contributed by atoms with van der Waals surface area (Å²) in [6, 6.07) is 14.6. The van der Waals surface area contributed by atoms with Crippen LogP contribution in [0.15, 0.2) is 48.5 Å². The summed E-state index contributed by atoms with van der Waals surface area (Å²) < 4.78 is 0. The van der Waals surface area contributed by atoms with Crippen molar-refractivity contribution in [3.05, 3.63) is 70.8 Å². The molecule has 2 rings (SSSR count). The van der Waals surface area contributed by atoms with E-state index in [0.717, 1.165) is 11.1 Å². The maximum Gasteiger partial charge on any atom is 0.193 e. The number of likely N-dealkylation sites (N-methyl/N-ethyl adjacent to an activating group) is 1. The predicted octanol–water partition coefficient (Wildman–Crippen LogP) is 3.88. The molecule has 0 radical (unpaired) electrons. The minimum atomic E-state index is -1.43. The third-order valence-electron chi connectivity index (χ3n) is 5.11. The highest BCUT2D eigenvalue weighted by atomic mass is 16.3. The molecule has 0 saturated heterocycles. The highest BCUT2D eigenvalue weighted by Gasteiger charge is 2.27. The molecular weight excluding hydrogens is 378 g/mol. The molecule has 5 nitrogen and oxygen atoms in total. The molecule has 0 aliphatic heterocycles. The van der Waals surface area contributed by atoms with Crippen LogP contribution in [-0.4, -0.2) is 52.5 Å². The van der Waals surface area contributed by atoms with Crippen molar-refractivity contribution in [2.45, 2.75) is 46.3 Å². The molecule has 5 heteroatoms. The molecule has 0 bridgehead atoms. The number of carbonyl (C=O) groups excluding carboxylic acids is 2. The van der Waals surface area contributed by atoms with Gasteiger partial charge in [-0.2, -0.15) is 0 Å². The zero-order chi connectivity index (χ0) is 22.7. The molecule has 1 atom stereocenters. The lowest BCUT2D eigenvalue weighted by molar-refractivity contribution is 0.0488. The summed E-state index contributed by atoms with van der Waals surface area (Å²) in [5.41, 5.74) is 1.18. The standard InChI is InChI=1S/C25H33NO4/c1-24(2,3)22(28)19-11-7-17(8-12-19)21(26(6)15-16-27)18-9-13-20(14-10-18)23(29)25(4,5)30/h7-14,21,27,30H,15-16H2,1-6H3. The van der Waals surface area contributed by atoms with Crippen LogP contribution in [0.3, 0.4) is 0 Å². The number of carbonyl (C=O) groups is 2. The Balaban J connectivity index is 2.40. The van der Waals surface area contributed by atoms with E-state index in [2.05, 4.69) is 0 Å². The molecule has 2 aromatic rings. The molecule has 0 spiro atoms. The van der Waals surface area contributed by atoms with Crippen molar-refractivity contribution in [3.8, 4) is 0 Å². The number of aliphatic hydroxyl groups excluding tert-OH is 1. The Hall–Kier alpha value is -2.34. The quantitative estimate of drug-likeness (QED) is 0.645. The van der Waals surface area contributed by atoms with Crippen LogP contribution in [0.5, 0.6) is 0 Å². The Morgan fingerprint density at radius 2 is 1.23 bits per heavy atom. The van der Waals surface area contributed by atoms with E-state index in [9.17, 15) is 19.8 Å². The topological polar surface area (TPSA) is 77.8 Å². The summed E-state index contributed by atoms with van der Waals surface area (Å²) in [6.07, 6.45) is 0. The van der Waals surface area contributed by atoms with Crippen molar-refractivity contribution in [2.24, 2.45) is 5.41 Å². The molecule has 162 valence electrons. The third-order valence-corrected chi connectivity index (χ3v) is 5.11. The van der Waals surface area contributed by atoms with Gasteiger partial charge in [0, 0.05) is 23.1 Å². The molecule has 2 aromatic carbocycles. The maximum absolute atomic E-state index is 12.5. The summed E-state index contributed by atoms with van der Waals surface area (Å²) in [6.45, 7) is 9.14. The predicted molar refractivity (Wildman–Crippen MR) is 119 cm³/mol. The lowest BCUT2D eigenvalue weighted by Crippen LogP contribution is -2.31. The first-order chi connectivity index (χ1) is 13.9. The van der Waals surface area contributed by atoms with Crippen LogP contribution in [0, 0.1) is 5.41 Å². The van der Waals surface area contributed by atoms with Crippen molar-refractivity contribution >= 4 is 11.6 Å². The molecule has 0 aliphatic rings. The third kappa shape index (κ3) is 5.63. The second-order valence-corrected chi connectivity index (χ2v) is 9.32. The smallest absolute Gasteiger partial charge is 0.193 e. The number of nitrogens with zero attached hydrogens (tertiary/aromatic N) is 1. The number of ketones is 2. The van der Waals surface area contributed by atoms with E-state index in [1.165, 1.54) is 13.8 Å². The lowest BCUT2D eigenvalue weighted by atomic mass is 9.85. The molecule has 0 fully saturated rings. The SMILES string of the molecule is CN(CCO)C(c1ccc(C(=O)C(C)(C)C)cc1)c1ccc(C(=O)C(C)(C)O)cc1. The molecule has 0 saturated carbocycles. The van der Waals surface area contributed by atoms with E-state index in [4.69, 9.17) is 0 Å². The molecular formula is C25H33NO4. The number of rotatable bonds is 8. The minimum absolute atomic E-state index is 0.0167. The van der Waals surface area contributed by atoms with Gasteiger partial charge < -0.3 is 10.2 Å². The monoisotopic (exact) mass is 411 g/mol. The fourth-order valence-electron chi connectivity index (χ4n) is 3.41. The molecule has 0 heterocycles. The number of hydrogen-bond donors (Lipinski definition) is 2. The minimum Gasteiger partial charge on any atom is -0.395 e. The van der Waals surface area contributed by atoms with Crippen LogP contribution in [-0.2, 0) is 0 Å². The summed E-state index contributed by atoms with van der Waals surface area (Å²) in [5.74, 6) is -0.247. The first kappa shape index (κ1) is 23.9. The molecule has 0 aliphatic carbocycles. The zero-order valence-electron chi connectivity index (χ0n) is 18.8. The van der Waals surface area contributed by atoms with E-state index < -0.39 is 11.0 Å². The van der Waals surface area contributed by atoms with Gasteiger partial charge in [-0.15, -0.1) is 0 Å². The van der Waals surface area contributed by atoms with Crippen LogP contribution < -0.4 is 0 Å². The van der Waals surface area contributed by atoms with Gasteiger partial charge in [0.15, 0.2) is 11.6 Å². The lowest BCUT2D eigenvalue weighted by Gasteiger charge is -2.29. The van der Waals surface area contributed by atoms with Crippen molar-refractivity contribution in [3.63, 3.8) is 0 Å². The summed E-state index contributed by atoms with van der Waals surface area (Å²) >= 11 is 0. The number of hydrogen-bond acceptors (Lipinski definition) is 5. The van der Waals surface area contributed by atoms with Crippen molar-refractivity contribution in [2.75, 3.05) is 20.2 Å². The van der Waals surface area contributed by atoms with E-state index in [1.54, 1.807) is 12.1 Å². The average Bonchev–Trinajstić information content (AvgIpc) is 2.67. The normalized spacial score (nSPS) is 13.4. The maximum atomic E-state index is 12.5. The van der Waals surface area contributed by atoms with Gasteiger partial charge >= 0.3 is 0 Å². The second-order valence-electron chi connectivity index (χ2n) is 9.32. The number of benzene rings is 2. The molecule has 30 heavy (non-hydrogen) atoms. The largest absolute Gasteiger partial charge is 0.395 e. The van der Waals surface area contributed by atoms with Gasteiger partial charge in [0.05, 0.1) is 12.6 Å². The summed E-state index contributed by atoms with van der Waals surface area (Å²) in [4.78, 5) is 26.9. The van der Waals surface area contributed by atoms with Crippen molar-refractivity contribution in [1.82, 2.24) is 4.90 Å². The van der Waals surface area contributed by atoms with Gasteiger partial charge in [0.2, 0.25) is 0 Å². The number of Topliss-reactive ketones (excluding diaryl/α,β-unsaturated/α-hetero) is 2. The van der Waals surface area contributed by atoms with Gasteiger partial charge in [-0.05, 0) is 32.0 Å². The highest BCUT2D eigenvalue weighted by Crippen LogP contribution is 2.30. The van der Waals surface area contributed by atoms with Crippen LogP contribution in [0.25, 0.3) is 0 Å². The second kappa shape index (κ2) is 9.21. The van der Waals surface area contributed by atoms with Gasteiger partial charge in [0.1, 0.15) is 5.60 Å². The molecule has 0 aromatic heterocycles. The van der Waals surface area contributed by atoms with Gasteiger partial charge in [-0.1, -0.05) is 69.3 Å². The first-order valence-electron chi connectivity index (χ1n) is 10.2. The average molecular weight is 412 g/mol. The Morgan fingerprint density at radius 1 is 0.833 bits per heavy atom. The molecule has 0 amide bonds. The van der Waals surface area contributed by atoms with E-state index >= 15 is 0 Å². The van der Waals surface area contributed by atoms with Gasteiger partial charge in [-0.25, -0.2) is 0 Å². The fourth-order valence-corrected chi connectivity index (χ4v) is 3.41. The Morgan fingerprint density at radius 3 is 1.57 bits per heavy atom. The van der Waals surface area contributed by atoms with Crippen molar-refractivity contribution in [1.29, 1.82) is 0 Å².